The average molecular weight is 514 g/mol. The third-order valence-corrected chi connectivity index (χ3v) is 5.85. The number of H-pyrrole nitrogens is 1. The van der Waals surface area contributed by atoms with Crippen molar-refractivity contribution in [3.8, 4) is 0 Å². The van der Waals surface area contributed by atoms with Gasteiger partial charge in [-0.2, -0.15) is 5.10 Å². The summed E-state index contributed by atoms with van der Waals surface area (Å²) in [6.07, 6.45) is 3.47. The van der Waals surface area contributed by atoms with E-state index >= 15 is 0 Å². The summed E-state index contributed by atoms with van der Waals surface area (Å²) in [6.45, 7) is 3.57. The maximum Gasteiger partial charge on any atom is 0.252 e. The highest BCUT2D eigenvalue weighted by Crippen LogP contribution is 2.32. The normalized spacial score (nSPS) is 10.1. The van der Waals surface area contributed by atoms with Crippen LogP contribution in [0.15, 0.2) is 83.2 Å². The van der Waals surface area contributed by atoms with Gasteiger partial charge in [-0.1, -0.05) is 36.5 Å². The molecule has 2 heterocycles. The van der Waals surface area contributed by atoms with Crippen molar-refractivity contribution in [2.45, 2.75) is 9.79 Å². The molecule has 0 aliphatic rings. The molecule has 29 heavy (non-hydrogen) atoms. The zero-order valence-corrected chi connectivity index (χ0v) is 18.7. The van der Waals surface area contributed by atoms with Crippen molar-refractivity contribution in [2.24, 2.45) is 0 Å². The maximum absolute atomic E-state index is 11.9. The van der Waals surface area contributed by atoms with E-state index in [1.165, 1.54) is 0 Å². The lowest BCUT2D eigenvalue weighted by Crippen LogP contribution is -2.18. The summed E-state index contributed by atoms with van der Waals surface area (Å²) in [7, 11) is 1.64. The molecule has 7 heteroatoms. The number of aromatic nitrogens is 3. The number of fused-ring (bicyclic) bond motifs is 1. The molecule has 0 atom stereocenters. The molecule has 4 aromatic rings. The number of hydrogen-bond donors (Lipinski definition) is 2. The lowest BCUT2D eigenvalue weighted by molar-refractivity contribution is 0.0960. The Morgan fingerprint density at radius 1 is 1.17 bits per heavy atom. The number of benzene rings is 2. The minimum absolute atomic E-state index is 0.0755. The molecular weight excluding hydrogens is 495 g/mol. The number of hydrogen-bond acceptors (Lipinski definition) is 4. The Hall–Kier alpha value is -2.65. The fourth-order valence-corrected chi connectivity index (χ4v) is 4.08. The summed E-state index contributed by atoms with van der Waals surface area (Å²) in [5, 5.41) is 11.0. The molecule has 2 N–H and O–H groups in total. The number of amides is 1. The first kappa shape index (κ1) is 21.1. The van der Waals surface area contributed by atoms with E-state index in [-0.39, 0.29) is 5.91 Å². The highest BCUT2D eigenvalue weighted by molar-refractivity contribution is 14.1. The highest BCUT2D eigenvalue weighted by Gasteiger charge is 2.11. The van der Waals surface area contributed by atoms with Crippen LogP contribution < -0.4 is 5.32 Å². The third-order valence-electron chi connectivity index (χ3n) is 3.96. The second kappa shape index (κ2) is 10.2. The first-order chi connectivity index (χ1) is 14.1. The van der Waals surface area contributed by atoms with Gasteiger partial charge in [-0.25, -0.2) is 0 Å². The molecule has 5 nitrogen and oxygen atoms in total. The molecule has 0 saturated heterocycles. The number of carbonyl (C=O) groups excluding carboxylic acids is 1. The van der Waals surface area contributed by atoms with Gasteiger partial charge in [0.15, 0.2) is 0 Å². The Balaban J connectivity index is 0.000000252. The Morgan fingerprint density at radius 3 is 2.66 bits per heavy atom. The fraction of sp³-hybridized carbons (Fsp3) is 0.0455. The highest BCUT2D eigenvalue weighted by atomic mass is 127. The largest absolute Gasteiger partial charge is 0.355 e. The van der Waals surface area contributed by atoms with Crippen LogP contribution in [0.2, 0.25) is 0 Å². The topological polar surface area (TPSA) is 70.7 Å². The molecule has 0 radical (unpaired) electrons. The number of aromatic amines is 1. The average Bonchev–Trinajstić information content (AvgIpc) is 3.14. The lowest BCUT2D eigenvalue weighted by atomic mass is 10.2. The van der Waals surface area contributed by atoms with Gasteiger partial charge in [0.1, 0.15) is 3.70 Å². The zero-order chi connectivity index (χ0) is 20.6. The van der Waals surface area contributed by atoms with Crippen molar-refractivity contribution >= 4 is 57.2 Å². The first-order valence-electron chi connectivity index (χ1n) is 8.78. The quantitative estimate of drug-likeness (QED) is 0.358. The number of carbonyl (C=O) groups is 1. The second-order valence-corrected chi connectivity index (χ2v) is 8.05. The van der Waals surface area contributed by atoms with E-state index in [9.17, 15) is 4.79 Å². The molecule has 0 bridgehead atoms. The van der Waals surface area contributed by atoms with Crippen LogP contribution in [0.3, 0.4) is 0 Å². The molecule has 146 valence electrons. The molecule has 0 fully saturated rings. The van der Waals surface area contributed by atoms with Crippen molar-refractivity contribution in [2.75, 3.05) is 7.05 Å². The van der Waals surface area contributed by atoms with E-state index in [0.29, 0.717) is 5.56 Å². The molecule has 0 aliphatic carbocycles. The van der Waals surface area contributed by atoms with Gasteiger partial charge in [0.05, 0.1) is 16.8 Å². The van der Waals surface area contributed by atoms with Crippen LogP contribution in [0, 0.1) is 3.70 Å². The summed E-state index contributed by atoms with van der Waals surface area (Å²) in [5.41, 5.74) is 2.54. The molecule has 1 amide bonds. The predicted octanol–water partition coefficient (Wildman–Crippen LogP) is 5.40. The summed E-state index contributed by atoms with van der Waals surface area (Å²) in [6, 6.07) is 19.4. The molecular formula is C22H19IN4OS. The standard InChI is InChI=1S/C15H12IN3OS.C7H7N/c1-17-15(20)11-4-2-3-5-13(11)21-9-6-7-10-12(8-9)18-19-14(10)16;1-2-7-5-3-4-6-8-7/h2-8H,1H3,(H,17,20)(H,18,19);2-6H,1H2. The Bertz CT molecular complexity index is 1130. The number of pyridine rings is 1. The van der Waals surface area contributed by atoms with E-state index in [2.05, 4.69) is 49.7 Å². The van der Waals surface area contributed by atoms with E-state index in [4.69, 9.17) is 0 Å². The van der Waals surface area contributed by atoms with Gasteiger partial charge in [0.2, 0.25) is 0 Å². The molecule has 0 saturated carbocycles. The van der Waals surface area contributed by atoms with E-state index in [0.717, 1.165) is 30.1 Å². The fourth-order valence-electron chi connectivity index (χ4n) is 2.52. The van der Waals surface area contributed by atoms with Gasteiger partial charge >= 0.3 is 0 Å². The van der Waals surface area contributed by atoms with Crippen LogP contribution in [-0.2, 0) is 0 Å². The number of nitrogens with one attached hydrogen (secondary N) is 2. The molecule has 0 unspecified atom stereocenters. The van der Waals surface area contributed by atoms with Crippen LogP contribution in [0.5, 0.6) is 0 Å². The Labute approximate surface area is 187 Å². The van der Waals surface area contributed by atoms with Gasteiger partial charge in [-0.05, 0) is 71.1 Å². The maximum atomic E-state index is 11.9. The van der Waals surface area contributed by atoms with Crippen molar-refractivity contribution in [3.05, 3.63) is 88.4 Å². The number of rotatable bonds is 4. The van der Waals surface area contributed by atoms with Crippen molar-refractivity contribution in [3.63, 3.8) is 0 Å². The molecule has 4 rings (SSSR count). The predicted molar refractivity (Wildman–Crippen MR) is 127 cm³/mol. The second-order valence-electron chi connectivity index (χ2n) is 5.85. The summed E-state index contributed by atoms with van der Waals surface area (Å²) in [4.78, 5) is 17.9. The van der Waals surface area contributed by atoms with Gasteiger partial charge in [0, 0.05) is 28.4 Å². The molecule has 0 spiro atoms. The summed E-state index contributed by atoms with van der Waals surface area (Å²) in [5.74, 6) is -0.0755. The smallest absolute Gasteiger partial charge is 0.252 e. The summed E-state index contributed by atoms with van der Waals surface area (Å²) < 4.78 is 1.03. The van der Waals surface area contributed by atoms with Crippen LogP contribution in [0.4, 0.5) is 0 Å². The van der Waals surface area contributed by atoms with E-state index < -0.39 is 0 Å². The van der Waals surface area contributed by atoms with Crippen LogP contribution in [0.1, 0.15) is 16.1 Å². The Kier molecular flexibility index (Phi) is 7.42. The van der Waals surface area contributed by atoms with Crippen molar-refractivity contribution in [1.29, 1.82) is 0 Å². The van der Waals surface area contributed by atoms with Crippen molar-refractivity contribution < 1.29 is 4.79 Å². The van der Waals surface area contributed by atoms with Crippen LogP contribution >= 0.6 is 34.4 Å². The Morgan fingerprint density at radius 2 is 1.97 bits per heavy atom. The third kappa shape index (κ3) is 5.45. The van der Waals surface area contributed by atoms with Gasteiger partial charge in [-0.3, -0.25) is 14.9 Å². The van der Waals surface area contributed by atoms with Gasteiger partial charge in [0.25, 0.3) is 5.91 Å². The molecule has 2 aromatic heterocycles. The van der Waals surface area contributed by atoms with Crippen LogP contribution in [-0.4, -0.2) is 28.1 Å². The summed E-state index contributed by atoms with van der Waals surface area (Å²) >= 11 is 3.79. The molecule has 2 aromatic carbocycles. The zero-order valence-electron chi connectivity index (χ0n) is 15.7. The number of nitrogens with zero attached hydrogens (tertiary/aromatic N) is 2. The monoisotopic (exact) mass is 514 g/mol. The van der Waals surface area contributed by atoms with Gasteiger partial charge < -0.3 is 5.32 Å². The minimum Gasteiger partial charge on any atom is -0.355 e. The number of halogens is 1. The van der Waals surface area contributed by atoms with Gasteiger partial charge in [-0.15, -0.1) is 0 Å². The minimum atomic E-state index is -0.0755. The lowest BCUT2D eigenvalue weighted by Gasteiger charge is -2.07. The van der Waals surface area contributed by atoms with E-state index in [1.54, 1.807) is 31.1 Å². The molecule has 0 aliphatic heterocycles. The first-order valence-corrected chi connectivity index (χ1v) is 10.7. The van der Waals surface area contributed by atoms with Crippen LogP contribution in [0.25, 0.3) is 17.0 Å². The van der Waals surface area contributed by atoms with E-state index in [1.807, 2.05) is 60.7 Å². The van der Waals surface area contributed by atoms with Crippen molar-refractivity contribution in [1.82, 2.24) is 20.5 Å². The SMILES string of the molecule is C=Cc1ccccn1.CNC(=O)c1ccccc1Sc1ccc2c(I)[nH]nc2c1.